The summed E-state index contributed by atoms with van der Waals surface area (Å²) in [6.07, 6.45) is -2.01. The van der Waals surface area contributed by atoms with Gasteiger partial charge in [0.25, 0.3) is 0 Å². The SMILES string of the molecule is CNC1CCN(C(=O)C2CCCC(C(F)(F)F)C2)C1. The van der Waals surface area contributed by atoms with Crippen LogP contribution in [-0.2, 0) is 4.79 Å². The molecule has 3 nitrogen and oxygen atoms in total. The van der Waals surface area contributed by atoms with Crippen LogP contribution in [0.1, 0.15) is 32.1 Å². The second-order valence-electron chi connectivity index (χ2n) is 5.66. The third kappa shape index (κ3) is 3.41. The van der Waals surface area contributed by atoms with E-state index in [9.17, 15) is 18.0 Å². The minimum Gasteiger partial charge on any atom is -0.341 e. The third-order valence-corrected chi connectivity index (χ3v) is 4.39. The van der Waals surface area contributed by atoms with Crippen LogP contribution >= 0.6 is 0 Å². The van der Waals surface area contributed by atoms with Crippen LogP contribution < -0.4 is 5.32 Å². The zero-order valence-corrected chi connectivity index (χ0v) is 11.2. The molecule has 6 heteroatoms. The predicted molar refractivity (Wildman–Crippen MR) is 65.5 cm³/mol. The maximum absolute atomic E-state index is 12.7. The van der Waals surface area contributed by atoms with Crippen molar-refractivity contribution in [3.8, 4) is 0 Å². The fraction of sp³-hybridized carbons (Fsp3) is 0.923. The fourth-order valence-electron chi connectivity index (χ4n) is 3.17. The van der Waals surface area contributed by atoms with Gasteiger partial charge in [-0.3, -0.25) is 4.79 Å². The Labute approximate surface area is 111 Å². The number of nitrogens with one attached hydrogen (secondary N) is 1. The number of alkyl halides is 3. The Balaban J connectivity index is 1.92. The monoisotopic (exact) mass is 278 g/mol. The van der Waals surface area contributed by atoms with Crippen molar-refractivity contribution < 1.29 is 18.0 Å². The quantitative estimate of drug-likeness (QED) is 0.839. The number of likely N-dealkylation sites (tertiary alicyclic amines) is 1. The lowest BCUT2D eigenvalue weighted by Gasteiger charge is -2.32. The number of likely N-dealkylation sites (N-methyl/N-ethyl adjacent to an activating group) is 1. The lowest BCUT2D eigenvalue weighted by molar-refractivity contribution is -0.187. The van der Waals surface area contributed by atoms with Gasteiger partial charge in [-0.2, -0.15) is 13.2 Å². The maximum Gasteiger partial charge on any atom is 0.391 e. The lowest BCUT2D eigenvalue weighted by atomic mass is 9.80. The van der Waals surface area contributed by atoms with Gasteiger partial charge in [-0.15, -0.1) is 0 Å². The van der Waals surface area contributed by atoms with E-state index in [1.54, 1.807) is 4.90 Å². The molecule has 2 fully saturated rings. The Hall–Kier alpha value is -0.780. The highest BCUT2D eigenvalue weighted by atomic mass is 19.4. The highest BCUT2D eigenvalue weighted by molar-refractivity contribution is 5.79. The van der Waals surface area contributed by atoms with Crippen molar-refractivity contribution >= 4 is 5.91 Å². The van der Waals surface area contributed by atoms with Gasteiger partial charge in [0.2, 0.25) is 5.91 Å². The summed E-state index contributed by atoms with van der Waals surface area (Å²) in [6, 6.07) is 0.283. The number of carbonyl (C=O) groups is 1. The van der Waals surface area contributed by atoms with Crippen molar-refractivity contribution in [1.29, 1.82) is 0 Å². The first-order chi connectivity index (χ1) is 8.91. The Morgan fingerprint density at radius 3 is 2.58 bits per heavy atom. The molecule has 1 amide bonds. The summed E-state index contributed by atoms with van der Waals surface area (Å²) in [7, 11) is 1.85. The average Bonchev–Trinajstić information content (AvgIpc) is 2.86. The Morgan fingerprint density at radius 2 is 2.00 bits per heavy atom. The number of hydrogen-bond acceptors (Lipinski definition) is 2. The molecule has 1 aliphatic carbocycles. The van der Waals surface area contributed by atoms with E-state index in [0.29, 0.717) is 25.9 Å². The molecule has 0 bridgehead atoms. The first kappa shape index (κ1) is 14.6. The summed E-state index contributed by atoms with van der Waals surface area (Å²) in [5, 5.41) is 3.11. The van der Waals surface area contributed by atoms with Crippen LogP contribution in [0.4, 0.5) is 13.2 Å². The molecule has 19 heavy (non-hydrogen) atoms. The molecule has 0 radical (unpaired) electrons. The molecule has 2 rings (SSSR count). The molecule has 1 N–H and O–H groups in total. The molecule has 1 saturated heterocycles. The minimum absolute atomic E-state index is 0.0247. The van der Waals surface area contributed by atoms with Gasteiger partial charge in [0.15, 0.2) is 0 Å². The smallest absolute Gasteiger partial charge is 0.341 e. The fourth-order valence-corrected chi connectivity index (χ4v) is 3.17. The Kier molecular flexibility index (Phi) is 4.38. The Bertz CT molecular complexity index is 332. The molecule has 3 atom stereocenters. The van der Waals surface area contributed by atoms with Crippen LogP contribution in [0, 0.1) is 11.8 Å². The van der Waals surface area contributed by atoms with E-state index >= 15 is 0 Å². The normalized spacial score (nSPS) is 32.6. The van der Waals surface area contributed by atoms with Crippen LogP contribution in [0.2, 0.25) is 0 Å². The van der Waals surface area contributed by atoms with Crippen LogP contribution in [0.5, 0.6) is 0 Å². The minimum atomic E-state index is -4.16. The Morgan fingerprint density at radius 1 is 1.26 bits per heavy atom. The van der Waals surface area contributed by atoms with Crippen LogP contribution in [-0.4, -0.2) is 43.2 Å². The average molecular weight is 278 g/mol. The van der Waals surface area contributed by atoms with Gasteiger partial charge < -0.3 is 10.2 Å². The number of nitrogens with zero attached hydrogens (tertiary/aromatic N) is 1. The molecular weight excluding hydrogens is 257 g/mol. The summed E-state index contributed by atoms with van der Waals surface area (Å²) in [5.74, 6) is -1.81. The second-order valence-corrected chi connectivity index (χ2v) is 5.66. The first-order valence-electron chi connectivity index (χ1n) is 6.94. The first-order valence-corrected chi connectivity index (χ1v) is 6.94. The molecule has 0 spiro atoms. The molecular formula is C13H21F3N2O. The van der Waals surface area contributed by atoms with E-state index in [1.807, 2.05) is 7.05 Å². The third-order valence-electron chi connectivity index (χ3n) is 4.39. The number of hydrogen-bond donors (Lipinski definition) is 1. The van der Waals surface area contributed by atoms with E-state index in [0.717, 1.165) is 6.42 Å². The van der Waals surface area contributed by atoms with E-state index in [1.165, 1.54) is 0 Å². The van der Waals surface area contributed by atoms with E-state index in [2.05, 4.69) is 5.32 Å². The van der Waals surface area contributed by atoms with Gasteiger partial charge in [0, 0.05) is 25.0 Å². The maximum atomic E-state index is 12.7. The summed E-state index contributed by atoms with van der Waals surface area (Å²) >= 11 is 0. The lowest BCUT2D eigenvalue weighted by Crippen LogP contribution is -2.40. The molecule has 1 saturated carbocycles. The molecule has 1 aliphatic heterocycles. The molecule has 110 valence electrons. The predicted octanol–water partition coefficient (Wildman–Crippen LogP) is 2.18. The number of rotatable bonds is 2. The van der Waals surface area contributed by atoms with Crippen LogP contribution in [0.25, 0.3) is 0 Å². The van der Waals surface area contributed by atoms with Crippen LogP contribution in [0.3, 0.4) is 0 Å². The van der Waals surface area contributed by atoms with Gasteiger partial charge in [0.1, 0.15) is 0 Å². The standard InChI is InChI=1S/C13H21F3N2O/c1-17-11-5-6-18(8-11)12(19)9-3-2-4-10(7-9)13(14,15)16/h9-11,17H,2-8H2,1H3. The molecule has 2 aliphatic rings. The van der Waals surface area contributed by atoms with Crippen LogP contribution in [0.15, 0.2) is 0 Å². The molecule has 0 aromatic carbocycles. The van der Waals surface area contributed by atoms with E-state index < -0.39 is 18.0 Å². The zero-order chi connectivity index (χ0) is 14.0. The van der Waals surface area contributed by atoms with Gasteiger partial charge in [-0.25, -0.2) is 0 Å². The second kappa shape index (κ2) is 5.69. The molecule has 0 aromatic heterocycles. The number of halogens is 3. The molecule has 3 unspecified atom stereocenters. The van der Waals surface area contributed by atoms with Gasteiger partial charge >= 0.3 is 6.18 Å². The van der Waals surface area contributed by atoms with Crippen molar-refractivity contribution in [3.63, 3.8) is 0 Å². The summed E-state index contributed by atoms with van der Waals surface area (Å²) in [6.45, 7) is 1.29. The van der Waals surface area contributed by atoms with E-state index in [4.69, 9.17) is 0 Å². The molecule has 1 heterocycles. The summed E-state index contributed by atoms with van der Waals surface area (Å²) in [5.41, 5.74) is 0. The molecule has 0 aromatic rings. The number of amides is 1. The van der Waals surface area contributed by atoms with Gasteiger partial charge in [0.05, 0.1) is 5.92 Å². The largest absolute Gasteiger partial charge is 0.391 e. The van der Waals surface area contributed by atoms with E-state index in [-0.39, 0.29) is 24.8 Å². The van der Waals surface area contributed by atoms with Crippen molar-refractivity contribution in [2.75, 3.05) is 20.1 Å². The topological polar surface area (TPSA) is 32.3 Å². The zero-order valence-electron chi connectivity index (χ0n) is 11.2. The van der Waals surface area contributed by atoms with Crippen molar-refractivity contribution in [1.82, 2.24) is 10.2 Å². The van der Waals surface area contributed by atoms with Crippen molar-refractivity contribution in [3.05, 3.63) is 0 Å². The van der Waals surface area contributed by atoms with Gasteiger partial charge in [-0.1, -0.05) is 6.42 Å². The highest BCUT2D eigenvalue weighted by Gasteiger charge is 2.44. The highest BCUT2D eigenvalue weighted by Crippen LogP contribution is 2.40. The van der Waals surface area contributed by atoms with Crippen molar-refractivity contribution in [2.45, 2.75) is 44.3 Å². The van der Waals surface area contributed by atoms with Gasteiger partial charge in [-0.05, 0) is 32.7 Å². The summed E-state index contributed by atoms with van der Waals surface area (Å²) in [4.78, 5) is 14.0. The number of carbonyl (C=O) groups excluding carboxylic acids is 1. The summed E-state index contributed by atoms with van der Waals surface area (Å²) < 4.78 is 38.2. The van der Waals surface area contributed by atoms with Crippen molar-refractivity contribution in [2.24, 2.45) is 11.8 Å².